The van der Waals surface area contributed by atoms with Crippen molar-refractivity contribution >= 4 is 34.5 Å². The molecular weight excluding hydrogens is 486 g/mol. The minimum Gasteiger partial charge on any atom is -0.489 e. The van der Waals surface area contributed by atoms with E-state index in [4.69, 9.17) is 9.47 Å². The first-order valence-corrected chi connectivity index (χ1v) is 13.2. The van der Waals surface area contributed by atoms with Gasteiger partial charge in [0.2, 0.25) is 0 Å². The molecule has 0 radical (unpaired) electrons. The number of carbonyl (C=O) groups is 2. The monoisotopic (exact) mass is 515 g/mol. The predicted octanol–water partition coefficient (Wildman–Crippen LogP) is 6.38. The molecule has 0 aliphatic carbocycles. The third kappa shape index (κ3) is 5.49. The van der Waals surface area contributed by atoms with Crippen LogP contribution in [-0.2, 0) is 11.3 Å². The van der Waals surface area contributed by atoms with E-state index in [9.17, 15) is 9.59 Å². The van der Waals surface area contributed by atoms with Gasteiger partial charge in [0.15, 0.2) is 5.78 Å². The molecule has 5 rings (SSSR count). The van der Waals surface area contributed by atoms with Crippen LogP contribution in [0.4, 0.5) is 4.79 Å². The third-order valence-electron chi connectivity index (χ3n) is 6.04. The Morgan fingerprint density at radius 3 is 2.65 bits per heavy atom. The Balaban J connectivity index is 1.40. The molecule has 2 aromatic carbocycles. The van der Waals surface area contributed by atoms with Gasteiger partial charge in [0.25, 0.3) is 0 Å². The van der Waals surface area contributed by atoms with Gasteiger partial charge in [-0.25, -0.2) is 4.79 Å². The van der Waals surface area contributed by atoms with Gasteiger partial charge in [-0.2, -0.15) is 0 Å². The van der Waals surface area contributed by atoms with Gasteiger partial charge in [-0.1, -0.05) is 36.4 Å². The van der Waals surface area contributed by atoms with Crippen LogP contribution in [0.1, 0.15) is 47.6 Å². The Labute approximate surface area is 220 Å². The largest absolute Gasteiger partial charge is 0.489 e. The lowest BCUT2D eigenvalue weighted by Crippen LogP contribution is -2.45. The van der Waals surface area contributed by atoms with Gasteiger partial charge in [0.1, 0.15) is 29.4 Å². The van der Waals surface area contributed by atoms with E-state index in [1.54, 1.807) is 23.5 Å². The molecular formula is C29H29N3O4S. The highest BCUT2D eigenvalue weighted by Gasteiger charge is 2.44. The Morgan fingerprint density at radius 2 is 1.92 bits per heavy atom. The maximum atomic E-state index is 13.8. The lowest BCUT2D eigenvalue weighted by atomic mass is 10.0. The number of nitrogens with zero attached hydrogens (tertiary/aromatic N) is 2. The van der Waals surface area contributed by atoms with Gasteiger partial charge in [-0.05, 0) is 44.5 Å². The maximum absolute atomic E-state index is 13.8. The predicted molar refractivity (Wildman–Crippen MR) is 145 cm³/mol. The number of hydrogen-bond acceptors (Lipinski definition) is 6. The van der Waals surface area contributed by atoms with Crippen molar-refractivity contribution in [3.8, 4) is 5.75 Å². The number of benzene rings is 2. The Morgan fingerprint density at radius 1 is 1.11 bits per heavy atom. The molecule has 1 N–H and O–H groups in total. The number of hydrogen-bond donors (Lipinski definition) is 1. The van der Waals surface area contributed by atoms with E-state index in [0.29, 0.717) is 23.7 Å². The molecule has 7 nitrogen and oxygen atoms in total. The number of ether oxygens (including phenoxy) is 2. The van der Waals surface area contributed by atoms with Gasteiger partial charge in [0, 0.05) is 52.4 Å². The van der Waals surface area contributed by atoms with E-state index in [0.717, 1.165) is 22.0 Å². The van der Waals surface area contributed by atoms with Gasteiger partial charge >= 0.3 is 6.09 Å². The fraction of sp³-hybridized carbons (Fsp3) is 0.276. The second kappa shape index (κ2) is 10.3. The molecule has 0 saturated carbocycles. The van der Waals surface area contributed by atoms with Crippen molar-refractivity contribution < 1.29 is 19.1 Å². The average Bonchev–Trinajstić information content (AvgIpc) is 3.52. The number of ketones is 1. The lowest BCUT2D eigenvalue weighted by molar-refractivity contribution is 0.0173. The maximum Gasteiger partial charge on any atom is 0.412 e. The van der Waals surface area contributed by atoms with Crippen LogP contribution < -0.4 is 4.74 Å². The average molecular weight is 516 g/mol. The molecule has 37 heavy (non-hydrogen) atoms. The summed E-state index contributed by atoms with van der Waals surface area (Å²) in [5, 5.41) is 0.428. The molecule has 1 amide bonds. The first-order valence-electron chi connectivity index (χ1n) is 12.1. The summed E-state index contributed by atoms with van der Waals surface area (Å²) in [6.45, 7) is 5.92. The smallest absolute Gasteiger partial charge is 0.412 e. The quantitative estimate of drug-likeness (QED) is 0.300. The summed E-state index contributed by atoms with van der Waals surface area (Å²) in [6.07, 6.45) is 4.61. The molecule has 2 aromatic heterocycles. The number of rotatable bonds is 6. The van der Waals surface area contributed by atoms with E-state index in [1.807, 2.05) is 81.4 Å². The minimum absolute atomic E-state index is 0.131. The zero-order valence-electron chi connectivity index (χ0n) is 21.0. The van der Waals surface area contributed by atoms with Gasteiger partial charge < -0.3 is 14.5 Å². The summed E-state index contributed by atoms with van der Waals surface area (Å²) in [7, 11) is 0. The SMILES string of the molecule is CC(C)(C)OC(=O)N1C(C(=O)c2c[nH]c3cc(OCc4ccccc4)ccc23)CSC1c1cccnc1. The molecule has 2 unspecified atom stereocenters. The highest BCUT2D eigenvalue weighted by Crippen LogP contribution is 2.43. The molecule has 1 aliphatic heterocycles. The Bertz CT molecular complexity index is 1400. The molecule has 3 heterocycles. The van der Waals surface area contributed by atoms with Crippen molar-refractivity contribution in [2.45, 2.75) is 44.4 Å². The fourth-order valence-corrected chi connectivity index (χ4v) is 5.75. The van der Waals surface area contributed by atoms with Crippen LogP contribution in [0, 0.1) is 0 Å². The van der Waals surface area contributed by atoms with Gasteiger partial charge in [-0.15, -0.1) is 11.8 Å². The third-order valence-corrected chi connectivity index (χ3v) is 7.37. The first kappa shape index (κ1) is 24.9. The van der Waals surface area contributed by atoms with Gasteiger partial charge in [-0.3, -0.25) is 14.7 Å². The fourth-order valence-electron chi connectivity index (χ4n) is 4.34. The number of carbonyl (C=O) groups excluding carboxylic acids is 2. The van der Waals surface area contributed by atoms with Crippen LogP contribution in [0.2, 0.25) is 0 Å². The highest BCUT2D eigenvalue weighted by atomic mass is 32.2. The summed E-state index contributed by atoms with van der Waals surface area (Å²) in [5.74, 6) is 1.04. The number of H-pyrrole nitrogens is 1. The van der Waals surface area contributed by atoms with E-state index in [-0.39, 0.29) is 11.2 Å². The first-order chi connectivity index (χ1) is 17.8. The van der Waals surface area contributed by atoms with Crippen molar-refractivity contribution in [3.05, 3.63) is 95.9 Å². The van der Waals surface area contributed by atoms with Crippen molar-refractivity contribution in [1.29, 1.82) is 0 Å². The van der Waals surface area contributed by atoms with Crippen LogP contribution in [0.25, 0.3) is 10.9 Å². The van der Waals surface area contributed by atoms with Crippen LogP contribution >= 0.6 is 11.8 Å². The van der Waals surface area contributed by atoms with Crippen LogP contribution in [0.3, 0.4) is 0 Å². The van der Waals surface area contributed by atoms with E-state index < -0.39 is 17.7 Å². The van der Waals surface area contributed by atoms with Crippen LogP contribution in [0.15, 0.2) is 79.3 Å². The molecule has 1 aliphatic rings. The van der Waals surface area contributed by atoms with E-state index >= 15 is 0 Å². The summed E-state index contributed by atoms with van der Waals surface area (Å²) in [6, 6.07) is 18.7. The molecule has 1 fully saturated rings. The summed E-state index contributed by atoms with van der Waals surface area (Å²) in [5.41, 5.74) is 2.58. The van der Waals surface area contributed by atoms with Crippen LogP contribution in [0.5, 0.6) is 5.75 Å². The van der Waals surface area contributed by atoms with E-state index in [2.05, 4.69) is 9.97 Å². The number of pyridine rings is 1. The molecule has 8 heteroatoms. The topological polar surface area (TPSA) is 84.5 Å². The second-order valence-electron chi connectivity index (χ2n) is 9.92. The molecule has 0 bridgehead atoms. The number of fused-ring (bicyclic) bond motifs is 1. The minimum atomic E-state index is -0.686. The van der Waals surface area contributed by atoms with E-state index in [1.165, 1.54) is 11.8 Å². The molecule has 4 aromatic rings. The molecule has 2 atom stereocenters. The lowest BCUT2D eigenvalue weighted by Gasteiger charge is -2.31. The normalized spacial score (nSPS) is 17.6. The standard InChI is InChI=1S/C29H29N3O4S/c1-29(2,3)36-28(34)32-25(18-37-27(32)20-10-7-13-30-15-20)26(33)23-16-31-24-14-21(11-12-22(23)24)35-17-19-8-5-4-6-9-19/h4-16,25,27,31H,17-18H2,1-3H3. The molecule has 190 valence electrons. The van der Waals surface area contributed by atoms with Crippen molar-refractivity contribution in [2.24, 2.45) is 0 Å². The molecule has 0 spiro atoms. The summed E-state index contributed by atoms with van der Waals surface area (Å²) >= 11 is 1.54. The number of nitrogens with one attached hydrogen (secondary N) is 1. The van der Waals surface area contributed by atoms with Crippen molar-refractivity contribution in [1.82, 2.24) is 14.9 Å². The van der Waals surface area contributed by atoms with Crippen LogP contribution in [-0.4, -0.2) is 44.1 Å². The van der Waals surface area contributed by atoms with Crippen molar-refractivity contribution in [3.63, 3.8) is 0 Å². The molecule has 1 saturated heterocycles. The summed E-state index contributed by atoms with van der Waals surface area (Å²) in [4.78, 5) is 36.1. The second-order valence-corrected chi connectivity index (χ2v) is 11.0. The van der Waals surface area contributed by atoms with Crippen molar-refractivity contribution in [2.75, 3.05) is 5.75 Å². The zero-order chi connectivity index (χ0) is 26.0. The van der Waals surface area contributed by atoms with Gasteiger partial charge in [0.05, 0.1) is 0 Å². The number of thioether (sulfide) groups is 1. The number of Topliss-reactive ketones (excluding diaryl/α,β-unsaturated/α-hetero) is 1. The highest BCUT2D eigenvalue weighted by molar-refractivity contribution is 7.99. The zero-order valence-corrected chi connectivity index (χ0v) is 21.8. The Hall–Kier alpha value is -3.78. The number of aromatic amines is 1. The Kier molecular flexibility index (Phi) is 6.93. The summed E-state index contributed by atoms with van der Waals surface area (Å²) < 4.78 is 11.7. The number of amides is 1. The number of aromatic nitrogens is 2.